The first-order valence-corrected chi connectivity index (χ1v) is 13.4. The highest BCUT2D eigenvalue weighted by Crippen LogP contribution is 2.42. The van der Waals surface area contributed by atoms with Crippen LogP contribution in [-0.2, 0) is 11.8 Å². The molecule has 2 aromatic rings. The minimum atomic E-state index is -0.109. The molecular formula is C27H39N5OS. The van der Waals surface area contributed by atoms with Crippen molar-refractivity contribution in [2.24, 2.45) is 5.92 Å². The van der Waals surface area contributed by atoms with E-state index < -0.39 is 0 Å². The molecule has 1 saturated heterocycles. The van der Waals surface area contributed by atoms with Crippen LogP contribution >= 0.6 is 11.9 Å². The van der Waals surface area contributed by atoms with Gasteiger partial charge in [0.05, 0.1) is 11.3 Å². The van der Waals surface area contributed by atoms with Gasteiger partial charge >= 0.3 is 0 Å². The first-order valence-electron chi connectivity index (χ1n) is 12.6. The topological polar surface area (TPSA) is 70.2 Å². The van der Waals surface area contributed by atoms with E-state index in [9.17, 15) is 4.79 Å². The molecule has 2 N–H and O–H groups in total. The predicted molar refractivity (Wildman–Crippen MR) is 142 cm³/mol. The minimum absolute atomic E-state index is 0.0252. The lowest BCUT2D eigenvalue weighted by molar-refractivity contribution is 0.0984. The van der Waals surface area contributed by atoms with Gasteiger partial charge in [-0.1, -0.05) is 33.8 Å². The normalized spacial score (nSPS) is 20.6. The van der Waals surface area contributed by atoms with Crippen LogP contribution < -0.4 is 14.9 Å². The summed E-state index contributed by atoms with van der Waals surface area (Å²) >= 11 is 1.26. The van der Waals surface area contributed by atoms with Gasteiger partial charge in [-0.25, -0.2) is 9.97 Å². The van der Waals surface area contributed by atoms with Crippen LogP contribution in [0.25, 0.3) is 0 Å². The fraction of sp³-hybridized carbons (Fsp3) is 0.593. The summed E-state index contributed by atoms with van der Waals surface area (Å²) in [6, 6.07) is 7.94. The summed E-state index contributed by atoms with van der Waals surface area (Å²) in [5.41, 5.74) is 3.03. The second-order valence-electron chi connectivity index (χ2n) is 11.2. The molecule has 7 heteroatoms. The molecule has 1 atom stereocenters. The van der Waals surface area contributed by atoms with Crippen molar-refractivity contribution < 1.29 is 4.79 Å². The van der Waals surface area contributed by atoms with E-state index >= 15 is 0 Å². The number of nitrogens with one attached hydrogen (secondary N) is 2. The zero-order valence-electron chi connectivity index (χ0n) is 21.5. The quantitative estimate of drug-likeness (QED) is 0.475. The fourth-order valence-electron chi connectivity index (χ4n) is 5.47. The van der Waals surface area contributed by atoms with Gasteiger partial charge in [-0.15, -0.1) is 0 Å². The van der Waals surface area contributed by atoms with Gasteiger partial charge in [-0.2, -0.15) is 0 Å². The summed E-state index contributed by atoms with van der Waals surface area (Å²) in [5.74, 6) is 2.11. The Balaban J connectivity index is 1.64. The van der Waals surface area contributed by atoms with Crippen LogP contribution in [0.2, 0.25) is 0 Å². The Morgan fingerprint density at radius 1 is 1.24 bits per heavy atom. The van der Waals surface area contributed by atoms with Gasteiger partial charge in [0.25, 0.3) is 5.91 Å². The first-order chi connectivity index (χ1) is 16.1. The van der Waals surface area contributed by atoms with Crippen LogP contribution in [0.15, 0.2) is 29.3 Å². The third-order valence-electron chi connectivity index (χ3n) is 7.07. The second kappa shape index (κ2) is 9.76. The summed E-state index contributed by atoms with van der Waals surface area (Å²) in [6.45, 7) is 15.3. The SMILES string of the molecule is CCCNc1cccc(SNC(=O)c2cc3c(nc2N2CC(C)CC2(C)C)C(C)(C)CCC3)n1. The number of aromatic nitrogens is 2. The number of rotatable bonds is 7. The Labute approximate surface area is 208 Å². The number of hydrogen-bond donors (Lipinski definition) is 2. The molecule has 1 fully saturated rings. The maximum atomic E-state index is 13.6. The highest BCUT2D eigenvalue weighted by atomic mass is 32.2. The Hall–Kier alpha value is -2.28. The molecule has 0 bridgehead atoms. The summed E-state index contributed by atoms with van der Waals surface area (Å²) in [4.78, 5) is 25.7. The van der Waals surface area contributed by atoms with E-state index in [1.54, 1.807) is 0 Å². The van der Waals surface area contributed by atoms with E-state index in [1.807, 2.05) is 18.2 Å². The van der Waals surface area contributed by atoms with Crippen molar-refractivity contribution in [2.75, 3.05) is 23.3 Å². The van der Waals surface area contributed by atoms with Gasteiger partial charge in [0.1, 0.15) is 16.7 Å². The van der Waals surface area contributed by atoms with Crippen LogP contribution in [0.4, 0.5) is 11.6 Å². The van der Waals surface area contributed by atoms with Crippen LogP contribution in [0.3, 0.4) is 0 Å². The number of pyridine rings is 2. The number of nitrogens with zero attached hydrogens (tertiary/aromatic N) is 3. The zero-order valence-corrected chi connectivity index (χ0v) is 22.3. The van der Waals surface area contributed by atoms with Gasteiger partial charge < -0.3 is 10.2 Å². The van der Waals surface area contributed by atoms with Crippen LogP contribution in [0, 0.1) is 5.92 Å². The Bertz CT molecular complexity index is 1050. The molecule has 1 amide bonds. The third kappa shape index (κ3) is 5.19. The summed E-state index contributed by atoms with van der Waals surface area (Å²) in [5, 5.41) is 4.06. The van der Waals surface area contributed by atoms with E-state index in [4.69, 9.17) is 4.98 Å². The Kier molecular flexibility index (Phi) is 7.13. The van der Waals surface area contributed by atoms with Crippen LogP contribution in [0.5, 0.6) is 0 Å². The lowest BCUT2D eigenvalue weighted by atomic mass is 9.75. The third-order valence-corrected chi connectivity index (χ3v) is 7.80. The number of anilines is 2. The largest absolute Gasteiger partial charge is 0.370 e. The minimum Gasteiger partial charge on any atom is -0.370 e. The van der Waals surface area contributed by atoms with Gasteiger partial charge in [0.15, 0.2) is 0 Å². The molecule has 3 heterocycles. The highest BCUT2D eigenvalue weighted by molar-refractivity contribution is 7.97. The van der Waals surface area contributed by atoms with Crippen molar-refractivity contribution in [1.29, 1.82) is 0 Å². The second-order valence-corrected chi connectivity index (χ2v) is 12.0. The molecule has 0 aromatic carbocycles. The smallest absolute Gasteiger partial charge is 0.265 e. The molecule has 1 aliphatic carbocycles. The molecule has 1 aliphatic heterocycles. The van der Waals surface area contributed by atoms with Crippen molar-refractivity contribution >= 4 is 29.5 Å². The number of aryl methyl sites for hydroxylation is 1. The zero-order chi connectivity index (χ0) is 24.5. The standard InChI is InChI=1S/C27H39N5OS/c1-7-14-28-21-11-8-12-22(29-21)34-31-25(33)20-15-19-10-9-13-26(3,4)23(19)30-24(20)32-17-18(2)16-27(32,5)6/h8,11-12,15,18H,7,9-10,13-14,16-17H2,1-6H3,(H,28,29)(H,31,33). The van der Waals surface area contributed by atoms with Crippen LogP contribution in [-0.4, -0.2) is 34.5 Å². The molecule has 0 saturated carbocycles. The Morgan fingerprint density at radius 2 is 2.03 bits per heavy atom. The van der Waals surface area contributed by atoms with E-state index in [0.29, 0.717) is 11.5 Å². The number of hydrogen-bond acceptors (Lipinski definition) is 6. The number of amides is 1. The molecular weight excluding hydrogens is 442 g/mol. The molecule has 2 aromatic heterocycles. The molecule has 0 spiro atoms. The molecule has 34 heavy (non-hydrogen) atoms. The van der Waals surface area contributed by atoms with Gasteiger partial charge in [-0.3, -0.25) is 9.52 Å². The van der Waals surface area contributed by atoms with Crippen molar-refractivity contribution in [2.45, 2.75) is 89.6 Å². The molecule has 1 unspecified atom stereocenters. The molecule has 0 radical (unpaired) electrons. The van der Waals surface area contributed by atoms with Gasteiger partial charge in [0, 0.05) is 36.0 Å². The maximum absolute atomic E-state index is 13.6. The predicted octanol–water partition coefficient (Wildman–Crippen LogP) is 5.97. The van der Waals surface area contributed by atoms with E-state index in [2.05, 4.69) is 67.5 Å². The fourth-order valence-corrected chi connectivity index (χ4v) is 6.07. The van der Waals surface area contributed by atoms with E-state index in [-0.39, 0.29) is 16.9 Å². The molecule has 6 nitrogen and oxygen atoms in total. The first kappa shape index (κ1) is 24.8. The van der Waals surface area contributed by atoms with Gasteiger partial charge in [0.2, 0.25) is 0 Å². The van der Waals surface area contributed by atoms with E-state index in [1.165, 1.54) is 17.5 Å². The average molecular weight is 482 g/mol. The van der Waals surface area contributed by atoms with Crippen molar-refractivity contribution in [1.82, 2.24) is 14.7 Å². The molecule has 184 valence electrons. The molecule has 4 rings (SSSR count). The summed E-state index contributed by atoms with van der Waals surface area (Å²) in [6.07, 6.45) is 5.36. The number of carbonyl (C=O) groups is 1. The Morgan fingerprint density at radius 3 is 2.74 bits per heavy atom. The summed E-state index contributed by atoms with van der Waals surface area (Å²) in [7, 11) is 0. The lowest BCUT2D eigenvalue weighted by Gasteiger charge is -2.37. The summed E-state index contributed by atoms with van der Waals surface area (Å²) < 4.78 is 3.05. The average Bonchev–Trinajstić information content (AvgIpc) is 3.07. The maximum Gasteiger partial charge on any atom is 0.265 e. The van der Waals surface area contributed by atoms with Crippen molar-refractivity contribution in [3.63, 3.8) is 0 Å². The number of fused-ring (bicyclic) bond motifs is 1. The van der Waals surface area contributed by atoms with Crippen LogP contribution in [0.1, 0.15) is 88.8 Å². The number of carbonyl (C=O) groups excluding carboxylic acids is 1. The van der Waals surface area contributed by atoms with Crippen molar-refractivity contribution in [3.8, 4) is 0 Å². The monoisotopic (exact) mass is 481 g/mol. The van der Waals surface area contributed by atoms with Gasteiger partial charge in [-0.05, 0) is 75.6 Å². The van der Waals surface area contributed by atoms with Crippen molar-refractivity contribution in [3.05, 3.63) is 41.1 Å². The molecule has 2 aliphatic rings. The van der Waals surface area contributed by atoms with E-state index in [0.717, 1.165) is 67.5 Å². The lowest BCUT2D eigenvalue weighted by Crippen LogP contribution is -2.41. The highest BCUT2D eigenvalue weighted by Gasteiger charge is 2.40.